The summed E-state index contributed by atoms with van der Waals surface area (Å²) < 4.78 is 23.4. The molecule has 0 unspecified atom stereocenters. The van der Waals surface area contributed by atoms with Crippen LogP contribution in [-0.2, 0) is 14.6 Å². The Hall–Kier alpha value is -1.21. The molecule has 2 atom stereocenters. The van der Waals surface area contributed by atoms with Crippen molar-refractivity contribution in [1.82, 2.24) is 0 Å². The molecule has 0 spiro atoms. The van der Waals surface area contributed by atoms with Crippen molar-refractivity contribution in [3.8, 4) is 0 Å². The molecule has 1 aromatic carbocycles. The van der Waals surface area contributed by atoms with E-state index in [0.717, 1.165) is 5.69 Å². The van der Waals surface area contributed by atoms with E-state index in [1.165, 1.54) is 11.8 Å². The third-order valence-electron chi connectivity index (χ3n) is 2.85. The van der Waals surface area contributed by atoms with Crippen LogP contribution < -0.4 is 5.32 Å². The molecule has 0 saturated carbocycles. The van der Waals surface area contributed by atoms with E-state index in [1.54, 1.807) is 0 Å². The van der Waals surface area contributed by atoms with Gasteiger partial charge in [0.1, 0.15) is 0 Å². The second-order valence-electron chi connectivity index (χ2n) is 4.44. The molecule has 104 valence electrons. The summed E-state index contributed by atoms with van der Waals surface area (Å²) in [5.41, 5.74) is 0.852. The number of carbonyl (C=O) groups is 1. The second-order valence-corrected chi connectivity index (χ2v) is 7.82. The monoisotopic (exact) mass is 301 g/mol. The van der Waals surface area contributed by atoms with E-state index in [1.807, 2.05) is 30.3 Å². The molecule has 0 amide bonds. The number of anilines is 1. The number of carboxylic acids is 1. The first-order valence-corrected chi connectivity index (χ1v) is 8.69. The first kappa shape index (κ1) is 14.2. The average Bonchev–Trinajstić information content (AvgIpc) is 2.62. The van der Waals surface area contributed by atoms with Crippen LogP contribution in [-0.4, -0.2) is 48.0 Å². The Labute approximate surface area is 116 Å². The molecule has 1 aliphatic heterocycles. The molecule has 1 aromatic rings. The smallest absolute Gasteiger partial charge is 0.313 e. The minimum Gasteiger partial charge on any atom is -0.481 e. The van der Waals surface area contributed by atoms with Crippen LogP contribution in [0.15, 0.2) is 30.3 Å². The van der Waals surface area contributed by atoms with E-state index in [-0.39, 0.29) is 28.6 Å². The average molecular weight is 301 g/mol. The Balaban J connectivity index is 2.05. The van der Waals surface area contributed by atoms with Crippen LogP contribution in [0.1, 0.15) is 0 Å². The molecule has 1 aliphatic rings. The molecule has 2 N–H and O–H groups in total. The van der Waals surface area contributed by atoms with E-state index < -0.39 is 15.8 Å². The third kappa shape index (κ3) is 4.14. The van der Waals surface area contributed by atoms with Crippen molar-refractivity contribution >= 4 is 33.3 Å². The molecule has 1 saturated heterocycles. The standard InChI is InChI=1S/C12H15NO4S2/c14-12(15)6-18-11-8-19(16,17)7-10(11)13-9-4-2-1-3-5-9/h1-5,10-11,13H,6-8H2,(H,14,15)/t10-,11+/m0/s1. The van der Waals surface area contributed by atoms with Crippen molar-refractivity contribution in [1.29, 1.82) is 0 Å². The van der Waals surface area contributed by atoms with Gasteiger partial charge in [-0.25, -0.2) is 8.42 Å². The van der Waals surface area contributed by atoms with Gasteiger partial charge in [0.25, 0.3) is 0 Å². The summed E-state index contributed by atoms with van der Waals surface area (Å²) in [6.07, 6.45) is 0. The second kappa shape index (κ2) is 5.83. The van der Waals surface area contributed by atoms with Crippen LogP contribution in [0.4, 0.5) is 5.69 Å². The van der Waals surface area contributed by atoms with Gasteiger partial charge in [-0.05, 0) is 12.1 Å². The Morgan fingerprint density at radius 2 is 2.00 bits per heavy atom. The van der Waals surface area contributed by atoms with Gasteiger partial charge in [-0.2, -0.15) is 0 Å². The van der Waals surface area contributed by atoms with Crippen LogP contribution in [0, 0.1) is 0 Å². The number of benzene rings is 1. The zero-order valence-electron chi connectivity index (χ0n) is 10.2. The van der Waals surface area contributed by atoms with Crippen LogP contribution in [0.5, 0.6) is 0 Å². The summed E-state index contributed by atoms with van der Waals surface area (Å²) in [5, 5.41) is 11.6. The van der Waals surface area contributed by atoms with Gasteiger partial charge in [0, 0.05) is 10.9 Å². The van der Waals surface area contributed by atoms with Crippen molar-refractivity contribution in [3.05, 3.63) is 30.3 Å². The number of para-hydroxylation sites is 1. The lowest BCUT2D eigenvalue weighted by Crippen LogP contribution is -2.30. The van der Waals surface area contributed by atoms with Gasteiger partial charge in [-0.15, -0.1) is 11.8 Å². The molecule has 1 heterocycles. The molecular weight excluding hydrogens is 286 g/mol. The molecule has 1 fully saturated rings. The predicted octanol–water partition coefficient (Wildman–Crippen LogP) is 1.08. The lowest BCUT2D eigenvalue weighted by molar-refractivity contribution is -0.133. The highest BCUT2D eigenvalue weighted by atomic mass is 32.2. The number of aliphatic carboxylic acids is 1. The number of thioether (sulfide) groups is 1. The number of nitrogens with one attached hydrogen (secondary N) is 1. The highest BCUT2D eigenvalue weighted by Crippen LogP contribution is 2.27. The van der Waals surface area contributed by atoms with E-state index in [2.05, 4.69) is 5.32 Å². The topological polar surface area (TPSA) is 83.5 Å². The molecule has 0 aromatic heterocycles. The molecule has 0 radical (unpaired) electrons. The van der Waals surface area contributed by atoms with E-state index in [0.29, 0.717) is 0 Å². The van der Waals surface area contributed by atoms with Crippen molar-refractivity contribution < 1.29 is 18.3 Å². The molecular formula is C12H15NO4S2. The summed E-state index contributed by atoms with van der Waals surface area (Å²) in [6, 6.07) is 9.11. The quantitative estimate of drug-likeness (QED) is 0.847. The first-order valence-electron chi connectivity index (χ1n) is 5.82. The Kier molecular flexibility index (Phi) is 4.36. The van der Waals surface area contributed by atoms with Gasteiger partial charge >= 0.3 is 5.97 Å². The summed E-state index contributed by atoms with van der Waals surface area (Å²) in [6.45, 7) is 0. The summed E-state index contributed by atoms with van der Waals surface area (Å²) in [7, 11) is -3.09. The fourth-order valence-electron chi connectivity index (χ4n) is 2.04. The highest BCUT2D eigenvalue weighted by Gasteiger charge is 2.38. The van der Waals surface area contributed by atoms with E-state index >= 15 is 0 Å². The van der Waals surface area contributed by atoms with E-state index in [9.17, 15) is 13.2 Å². The van der Waals surface area contributed by atoms with Gasteiger partial charge in [0.2, 0.25) is 0 Å². The van der Waals surface area contributed by atoms with Gasteiger partial charge < -0.3 is 10.4 Å². The first-order chi connectivity index (χ1) is 8.96. The van der Waals surface area contributed by atoms with Crippen molar-refractivity contribution in [2.45, 2.75) is 11.3 Å². The number of hydrogen-bond acceptors (Lipinski definition) is 5. The Morgan fingerprint density at radius 1 is 1.32 bits per heavy atom. The molecule has 2 rings (SSSR count). The van der Waals surface area contributed by atoms with E-state index in [4.69, 9.17) is 5.11 Å². The molecule has 19 heavy (non-hydrogen) atoms. The van der Waals surface area contributed by atoms with Crippen molar-refractivity contribution in [3.63, 3.8) is 0 Å². The molecule has 7 heteroatoms. The van der Waals surface area contributed by atoms with Gasteiger partial charge in [0.05, 0.1) is 23.3 Å². The maximum Gasteiger partial charge on any atom is 0.313 e. The van der Waals surface area contributed by atoms with Crippen LogP contribution in [0.2, 0.25) is 0 Å². The number of sulfone groups is 1. The minimum absolute atomic E-state index is 0.0371. The Morgan fingerprint density at radius 3 is 2.63 bits per heavy atom. The number of carboxylic acid groups (broad SMARTS) is 1. The van der Waals surface area contributed by atoms with Gasteiger partial charge in [0.15, 0.2) is 9.84 Å². The number of rotatable bonds is 5. The molecule has 5 nitrogen and oxygen atoms in total. The van der Waals surface area contributed by atoms with Crippen LogP contribution in [0.3, 0.4) is 0 Å². The molecule has 0 bridgehead atoms. The fraction of sp³-hybridized carbons (Fsp3) is 0.417. The maximum atomic E-state index is 11.7. The van der Waals surface area contributed by atoms with Crippen molar-refractivity contribution in [2.24, 2.45) is 0 Å². The maximum absolute atomic E-state index is 11.7. The molecule has 0 aliphatic carbocycles. The van der Waals surface area contributed by atoms with Crippen molar-refractivity contribution in [2.75, 3.05) is 22.6 Å². The summed E-state index contributed by atoms with van der Waals surface area (Å²) in [5.74, 6) is -0.908. The largest absolute Gasteiger partial charge is 0.481 e. The summed E-state index contributed by atoms with van der Waals surface area (Å²) >= 11 is 1.18. The SMILES string of the molecule is O=C(O)CS[C@@H]1CS(=O)(=O)C[C@@H]1Nc1ccccc1. The van der Waals surface area contributed by atoms with Gasteiger partial charge in [-0.1, -0.05) is 18.2 Å². The normalized spacial score (nSPS) is 25.1. The zero-order valence-corrected chi connectivity index (χ0v) is 11.8. The predicted molar refractivity (Wildman–Crippen MR) is 76.4 cm³/mol. The number of hydrogen-bond donors (Lipinski definition) is 2. The van der Waals surface area contributed by atoms with Gasteiger partial charge in [-0.3, -0.25) is 4.79 Å². The summed E-state index contributed by atoms with van der Waals surface area (Å²) in [4.78, 5) is 10.6. The third-order valence-corrected chi connectivity index (χ3v) is 6.13. The van der Waals surface area contributed by atoms with Crippen LogP contribution in [0.25, 0.3) is 0 Å². The fourth-order valence-corrected chi connectivity index (χ4v) is 5.65. The lowest BCUT2D eigenvalue weighted by Gasteiger charge is -2.19. The Bertz CT molecular complexity index is 544. The highest BCUT2D eigenvalue weighted by molar-refractivity contribution is 8.02. The lowest BCUT2D eigenvalue weighted by atomic mass is 10.2. The van der Waals surface area contributed by atoms with Crippen LogP contribution >= 0.6 is 11.8 Å². The zero-order chi connectivity index (χ0) is 13.9. The minimum atomic E-state index is -3.09.